The van der Waals surface area contributed by atoms with E-state index in [-0.39, 0.29) is 0 Å². The van der Waals surface area contributed by atoms with Crippen LogP contribution in [0.4, 0.5) is 5.95 Å². The zero-order chi connectivity index (χ0) is 10.1. The van der Waals surface area contributed by atoms with Gasteiger partial charge in [0.25, 0.3) is 0 Å². The maximum atomic E-state index is 4.48. The van der Waals surface area contributed by atoms with Crippen LogP contribution in [0, 0.1) is 5.92 Å². The van der Waals surface area contributed by atoms with Gasteiger partial charge in [0, 0.05) is 6.54 Å². The number of fused-ring (bicyclic) bond motifs is 1. The maximum Gasteiger partial charge on any atom is 0.201 e. The number of para-hydroxylation sites is 2. The first-order valence-electron chi connectivity index (χ1n) is 5.60. The Bertz CT molecular complexity index is 424. The molecule has 3 heteroatoms. The molecule has 1 fully saturated rings. The third kappa shape index (κ3) is 1.69. The second kappa shape index (κ2) is 3.57. The molecule has 1 saturated carbocycles. The number of hydrogen-bond donors (Lipinski definition) is 2. The van der Waals surface area contributed by atoms with Crippen molar-refractivity contribution in [3.05, 3.63) is 24.3 Å². The molecular weight excluding hydrogens is 186 g/mol. The van der Waals surface area contributed by atoms with Crippen molar-refractivity contribution in [3.8, 4) is 0 Å². The monoisotopic (exact) mass is 201 g/mol. The summed E-state index contributed by atoms with van der Waals surface area (Å²) in [6, 6.07) is 8.12. The van der Waals surface area contributed by atoms with Crippen LogP contribution in [0.1, 0.15) is 19.3 Å². The first kappa shape index (κ1) is 8.77. The molecule has 2 aromatic rings. The molecular formula is C12H15N3. The average Bonchev–Trinajstić information content (AvgIpc) is 2.57. The highest BCUT2D eigenvalue weighted by Crippen LogP contribution is 2.26. The molecule has 1 aromatic heterocycles. The van der Waals surface area contributed by atoms with Crippen molar-refractivity contribution in [1.82, 2.24) is 9.97 Å². The number of nitrogens with one attached hydrogen (secondary N) is 2. The Morgan fingerprint density at radius 2 is 2.20 bits per heavy atom. The van der Waals surface area contributed by atoms with Crippen LogP contribution in [0.2, 0.25) is 0 Å². The van der Waals surface area contributed by atoms with E-state index in [2.05, 4.69) is 21.4 Å². The molecule has 0 bridgehead atoms. The quantitative estimate of drug-likeness (QED) is 0.801. The van der Waals surface area contributed by atoms with Gasteiger partial charge in [0.15, 0.2) is 0 Å². The highest BCUT2D eigenvalue weighted by atomic mass is 15.1. The molecule has 15 heavy (non-hydrogen) atoms. The molecule has 0 unspecified atom stereocenters. The SMILES string of the molecule is c1ccc2[nH]c(NCC3CCC3)nc2c1. The predicted molar refractivity (Wildman–Crippen MR) is 61.9 cm³/mol. The van der Waals surface area contributed by atoms with Crippen LogP contribution < -0.4 is 5.32 Å². The molecule has 0 saturated heterocycles. The van der Waals surface area contributed by atoms with Crippen LogP contribution >= 0.6 is 0 Å². The molecule has 2 N–H and O–H groups in total. The molecule has 1 aliphatic carbocycles. The van der Waals surface area contributed by atoms with Crippen molar-refractivity contribution in [3.63, 3.8) is 0 Å². The molecule has 0 spiro atoms. The number of imidazole rings is 1. The highest BCUT2D eigenvalue weighted by molar-refractivity contribution is 5.77. The lowest BCUT2D eigenvalue weighted by molar-refractivity contribution is 0.333. The Hall–Kier alpha value is -1.51. The standard InChI is InChI=1S/C12H15N3/c1-2-7-11-10(6-1)14-12(15-11)13-8-9-4-3-5-9/h1-2,6-7,9H,3-5,8H2,(H2,13,14,15). The van der Waals surface area contributed by atoms with Gasteiger partial charge in [-0.25, -0.2) is 4.98 Å². The Labute approximate surface area is 88.9 Å². The van der Waals surface area contributed by atoms with Gasteiger partial charge in [-0.1, -0.05) is 18.6 Å². The maximum absolute atomic E-state index is 4.48. The molecule has 0 aliphatic heterocycles. The fraction of sp³-hybridized carbons (Fsp3) is 0.417. The number of benzene rings is 1. The van der Waals surface area contributed by atoms with Crippen molar-refractivity contribution >= 4 is 17.0 Å². The van der Waals surface area contributed by atoms with E-state index >= 15 is 0 Å². The number of rotatable bonds is 3. The van der Waals surface area contributed by atoms with E-state index in [4.69, 9.17) is 0 Å². The summed E-state index contributed by atoms with van der Waals surface area (Å²) in [7, 11) is 0. The van der Waals surface area contributed by atoms with Crippen molar-refractivity contribution in [2.75, 3.05) is 11.9 Å². The number of anilines is 1. The van der Waals surface area contributed by atoms with Gasteiger partial charge in [-0.3, -0.25) is 0 Å². The van der Waals surface area contributed by atoms with E-state index in [1.807, 2.05) is 18.2 Å². The average molecular weight is 201 g/mol. The van der Waals surface area contributed by atoms with E-state index in [1.54, 1.807) is 0 Å². The van der Waals surface area contributed by atoms with Gasteiger partial charge >= 0.3 is 0 Å². The zero-order valence-electron chi connectivity index (χ0n) is 8.66. The zero-order valence-corrected chi connectivity index (χ0v) is 8.66. The van der Waals surface area contributed by atoms with Crippen LogP contribution in [0.3, 0.4) is 0 Å². The summed E-state index contributed by atoms with van der Waals surface area (Å²) in [6.07, 6.45) is 4.13. The normalized spacial score (nSPS) is 16.5. The van der Waals surface area contributed by atoms with E-state index in [0.29, 0.717) is 0 Å². The van der Waals surface area contributed by atoms with E-state index in [0.717, 1.165) is 29.4 Å². The van der Waals surface area contributed by atoms with Gasteiger partial charge in [0.05, 0.1) is 11.0 Å². The summed E-state index contributed by atoms with van der Waals surface area (Å²) in [5.41, 5.74) is 2.14. The van der Waals surface area contributed by atoms with Crippen molar-refractivity contribution in [2.24, 2.45) is 5.92 Å². The number of aromatic nitrogens is 2. The molecule has 0 atom stereocenters. The number of nitrogens with zero attached hydrogens (tertiary/aromatic N) is 1. The minimum atomic E-state index is 0.859. The Kier molecular flexibility index (Phi) is 2.09. The third-order valence-electron chi connectivity index (χ3n) is 3.17. The van der Waals surface area contributed by atoms with Gasteiger partial charge in [-0.2, -0.15) is 0 Å². The lowest BCUT2D eigenvalue weighted by Crippen LogP contribution is -2.21. The number of H-pyrrole nitrogens is 1. The van der Waals surface area contributed by atoms with E-state index in [1.165, 1.54) is 19.3 Å². The molecule has 0 amide bonds. The summed E-state index contributed by atoms with van der Waals surface area (Å²) < 4.78 is 0. The molecule has 3 rings (SSSR count). The van der Waals surface area contributed by atoms with Gasteiger partial charge < -0.3 is 10.3 Å². The summed E-state index contributed by atoms with van der Waals surface area (Å²) >= 11 is 0. The Morgan fingerprint density at radius 1 is 1.33 bits per heavy atom. The molecule has 1 aromatic carbocycles. The van der Waals surface area contributed by atoms with Gasteiger partial charge in [0.1, 0.15) is 0 Å². The van der Waals surface area contributed by atoms with Gasteiger partial charge in [0.2, 0.25) is 5.95 Å². The van der Waals surface area contributed by atoms with E-state index in [9.17, 15) is 0 Å². The molecule has 0 radical (unpaired) electrons. The van der Waals surface area contributed by atoms with Crippen LogP contribution in [0.5, 0.6) is 0 Å². The fourth-order valence-corrected chi connectivity index (χ4v) is 1.97. The smallest absolute Gasteiger partial charge is 0.201 e. The van der Waals surface area contributed by atoms with Crippen molar-refractivity contribution in [1.29, 1.82) is 0 Å². The lowest BCUT2D eigenvalue weighted by Gasteiger charge is -2.25. The molecule has 1 aliphatic rings. The topological polar surface area (TPSA) is 40.7 Å². The lowest BCUT2D eigenvalue weighted by atomic mass is 9.85. The van der Waals surface area contributed by atoms with Crippen molar-refractivity contribution < 1.29 is 0 Å². The predicted octanol–water partition coefficient (Wildman–Crippen LogP) is 2.77. The molecule has 78 valence electrons. The summed E-state index contributed by atoms with van der Waals surface area (Å²) in [6.45, 7) is 1.06. The second-order valence-electron chi connectivity index (χ2n) is 4.28. The summed E-state index contributed by atoms with van der Waals surface area (Å²) in [4.78, 5) is 7.75. The van der Waals surface area contributed by atoms with Crippen LogP contribution in [-0.4, -0.2) is 16.5 Å². The van der Waals surface area contributed by atoms with E-state index < -0.39 is 0 Å². The summed E-state index contributed by atoms with van der Waals surface area (Å²) in [5.74, 6) is 1.77. The molecule has 1 heterocycles. The largest absolute Gasteiger partial charge is 0.356 e. The minimum Gasteiger partial charge on any atom is -0.356 e. The van der Waals surface area contributed by atoms with Crippen molar-refractivity contribution in [2.45, 2.75) is 19.3 Å². The van der Waals surface area contributed by atoms with Gasteiger partial charge in [-0.05, 0) is 30.9 Å². The Balaban J connectivity index is 1.73. The minimum absolute atomic E-state index is 0.859. The first-order valence-corrected chi connectivity index (χ1v) is 5.60. The second-order valence-corrected chi connectivity index (χ2v) is 4.28. The van der Waals surface area contributed by atoms with Crippen LogP contribution in [0.25, 0.3) is 11.0 Å². The molecule has 3 nitrogen and oxygen atoms in total. The third-order valence-corrected chi connectivity index (χ3v) is 3.17. The van der Waals surface area contributed by atoms with Crippen LogP contribution in [-0.2, 0) is 0 Å². The fourth-order valence-electron chi connectivity index (χ4n) is 1.97. The highest BCUT2D eigenvalue weighted by Gasteiger charge is 2.17. The number of hydrogen-bond acceptors (Lipinski definition) is 2. The summed E-state index contributed by atoms with van der Waals surface area (Å²) in [5, 5.41) is 3.37. The van der Waals surface area contributed by atoms with Crippen LogP contribution in [0.15, 0.2) is 24.3 Å². The van der Waals surface area contributed by atoms with Gasteiger partial charge in [-0.15, -0.1) is 0 Å². The number of aromatic amines is 1. The Morgan fingerprint density at radius 3 is 2.93 bits per heavy atom. The first-order chi connectivity index (χ1) is 7.42.